The van der Waals surface area contributed by atoms with E-state index in [0.717, 1.165) is 12.8 Å². The van der Waals surface area contributed by atoms with Crippen LogP contribution in [0, 0.1) is 12.8 Å². The highest BCUT2D eigenvalue weighted by Gasteiger charge is 2.42. The molecule has 1 aromatic rings. The van der Waals surface area contributed by atoms with Gasteiger partial charge in [0.05, 0.1) is 12.1 Å². The van der Waals surface area contributed by atoms with Crippen molar-refractivity contribution in [1.29, 1.82) is 0 Å². The Balaban J connectivity index is 1.79. The Morgan fingerprint density at radius 1 is 1.40 bits per heavy atom. The highest BCUT2D eigenvalue weighted by atomic mass is 32.2. The van der Waals surface area contributed by atoms with E-state index in [-0.39, 0.29) is 29.4 Å². The molecule has 2 aliphatic rings. The van der Waals surface area contributed by atoms with Gasteiger partial charge in [0.15, 0.2) is 0 Å². The van der Waals surface area contributed by atoms with Gasteiger partial charge in [0, 0.05) is 12.7 Å². The summed E-state index contributed by atoms with van der Waals surface area (Å²) in [6.07, 6.45) is 2.92. The third kappa shape index (κ3) is 2.63. The molecule has 1 aliphatic heterocycles. The predicted molar refractivity (Wildman–Crippen MR) is 70.6 cm³/mol. The molecule has 2 heterocycles. The van der Waals surface area contributed by atoms with Crippen LogP contribution in [0.2, 0.25) is 0 Å². The number of hydrogen-bond donors (Lipinski definition) is 2. The largest absolute Gasteiger partial charge is 0.462 e. The normalized spacial score (nSPS) is 27.1. The van der Waals surface area contributed by atoms with Gasteiger partial charge in [-0.3, -0.25) is 0 Å². The third-order valence-electron chi connectivity index (χ3n) is 3.90. The number of furan rings is 1. The van der Waals surface area contributed by atoms with Crippen LogP contribution in [0.15, 0.2) is 15.4 Å². The molecule has 0 spiro atoms. The zero-order chi connectivity index (χ0) is 14.3. The van der Waals surface area contributed by atoms with Crippen molar-refractivity contribution in [2.24, 2.45) is 5.92 Å². The molecule has 1 saturated heterocycles. The van der Waals surface area contributed by atoms with Crippen LogP contribution in [0.3, 0.4) is 0 Å². The standard InChI is InChI=1S/C13H19NO5S/c1-8-12(6-10(7-15)19-8)20(16,17)14-11-4-5-18-13(11)9-2-3-9/h6,9,11,13-15H,2-5,7H2,1H3. The van der Waals surface area contributed by atoms with E-state index in [9.17, 15) is 8.42 Å². The van der Waals surface area contributed by atoms with Crippen molar-refractivity contribution in [3.05, 3.63) is 17.6 Å². The number of aryl methyl sites for hydroxylation is 1. The molecule has 0 radical (unpaired) electrons. The van der Waals surface area contributed by atoms with E-state index >= 15 is 0 Å². The van der Waals surface area contributed by atoms with Crippen molar-refractivity contribution in [3.8, 4) is 0 Å². The first-order valence-electron chi connectivity index (χ1n) is 6.85. The molecule has 1 aliphatic carbocycles. The van der Waals surface area contributed by atoms with Crippen LogP contribution < -0.4 is 4.72 Å². The quantitative estimate of drug-likeness (QED) is 0.844. The number of rotatable bonds is 5. The van der Waals surface area contributed by atoms with Crippen LogP contribution in [0.1, 0.15) is 30.8 Å². The van der Waals surface area contributed by atoms with Gasteiger partial charge in [0.25, 0.3) is 0 Å². The molecule has 3 rings (SSSR count). The van der Waals surface area contributed by atoms with Gasteiger partial charge >= 0.3 is 0 Å². The molecule has 112 valence electrons. The maximum atomic E-state index is 12.4. The van der Waals surface area contributed by atoms with E-state index in [2.05, 4.69) is 4.72 Å². The second-order valence-corrected chi connectivity index (χ2v) is 7.16. The van der Waals surface area contributed by atoms with Gasteiger partial charge in [-0.25, -0.2) is 13.1 Å². The molecule has 2 atom stereocenters. The lowest BCUT2D eigenvalue weighted by Gasteiger charge is -2.19. The van der Waals surface area contributed by atoms with Crippen molar-refractivity contribution in [3.63, 3.8) is 0 Å². The average molecular weight is 301 g/mol. The monoisotopic (exact) mass is 301 g/mol. The van der Waals surface area contributed by atoms with Crippen molar-refractivity contribution in [2.75, 3.05) is 6.61 Å². The Kier molecular flexibility index (Phi) is 3.62. The Morgan fingerprint density at radius 3 is 2.75 bits per heavy atom. The summed E-state index contributed by atoms with van der Waals surface area (Å²) in [4.78, 5) is 0.1000. The smallest absolute Gasteiger partial charge is 0.244 e. The minimum absolute atomic E-state index is 0.00528. The maximum Gasteiger partial charge on any atom is 0.244 e. The predicted octanol–water partition coefficient (Wildman–Crippen LogP) is 0.926. The van der Waals surface area contributed by atoms with Crippen molar-refractivity contribution < 1.29 is 22.7 Å². The van der Waals surface area contributed by atoms with Gasteiger partial charge < -0.3 is 14.3 Å². The molecule has 2 N–H and O–H groups in total. The van der Waals surface area contributed by atoms with Crippen LogP contribution in [0.4, 0.5) is 0 Å². The van der Waals surface area contributed by atoms with Gasteiger partial charge in [-0.05, 0) is 32.1 Å². The fraction of sp³-hybridized carbons (Fsp3) is 0.692. The van der Waals surface area contributed by atoms with E-state index in [1.54, 1.807) is 6.92 Å². The summed E-state index contributed by atoms with van der Waals surface area (Å²) >= 11 is 0. The van der Waals surface area contributed by atoms with Crippen LogP contribution >= 0.6 is 0 Å². The minimum atomic E-state index is -3.64. The van der Waals surface area contributed by atoms with Crippen molar-refractivity contribution in [1.82, 2.24) is 4.72 Å². The fourth-order valence-electron chi connectivity index (χ4n) is 2.76. The summed E-state index contributed by atoms with van der Waals surface area (Å²) in [7, 11) is -3.64. The molecule has 20 heavy (non-hydrogen) atoms. The van der Waals surface area contributed by atoms with E-state index in [1.807, 2.05) is 0 Å². The summed E-state index contributed by atoms with van der Waals surface area (Å²) in [5.41, 5.74) is 0. The van der Waals surface area contributed by atoms with Gasteiger partial charge in [-0.1, -0.05) is 0 Å². The lowest BCUT2D eigenvalue weighted by atomic mass is 10.1. The van der Waals surface area contributed by atoms with Crippen molar-refractivity contribution >= 4 is 10.0 Å². The highest BCUT2D eigenvalue weighted by molar-refractivity contribution is 7.89. The minimum Gasteiger partial charge on any atom is -0.462 e. The summed E-state index contributed by atoms with van der Waals surface area (Å²) in [6, 6.07) is 1.21. The molecule has 1 saturated carbocycles. The molecule has 1 aromatic heterocycles. The van der Waals surface area contributed by atoms with Crippen LogP contribution in [0.25, 0.3) is 0 Å². The Labute approximate surface area is 118 Å². The topological polar surface area (TPSA) is 88.8 Å². The van der Waals surface area contributed by atoms with E-state index < -0.39 is 10.0 Å². The van der Waals surface area contributed by atoms with E-state index in [0.29, 0.717) is 24.7 Å². The van der Waals surface area contributed by atoms with Crippen LogP contribution in [-0.4, -0.2) is 32.3 Å². The number of ether oxygens (including phenoxy) is 1. The summed E-state index contributed by atoms with van der Waals surface area (Å²) in [6.45, 7) is 1.87. The molecular weight excluding hydrogens is 282 g/mol. The van der Waals surface area contributed by atoms with Crippen molar-refractivity contribution in [2.45, 2.75) is 49.8 Å². The molecule has 7 heteroatoms. The fourth-order valence-corrected chi connectivity index (χ4v) is 4.24. The number of aliphatic hydroxyl groups excluding tert-OH is 1. The Hall–Kier alpha value is -0.890. The molecular formula is C13H19NO5S. The first kappa shape index (κ1) is 14.1. The summed E-state index contributed by atoms with van der Waals surface area (Å²) in [5, 5.41) is 9.02. The molecule has 0 amide bonds. The molecule has 2 unspecified atom stereocenters. The summed E-state index contributed by atoms with van der Waals surface area (Å²) < 4.78 is 38.4. The second kappa shape index (κ2) is 5.14. The zero-order valence-corrected chi connectivity index (χ0v) is 12.1. The van der Waals surface area contributed by atoms with Crippen LogP contribution in [-0.2, 0) is 21.4 Å². The van der Waals surface area contributed by atoms with E-state index in [4.69, 9.17) is 14.3 Å². The second-order valence-electron chi connectivity index (χ2n) is 5.48. The van der Waals surface area contributed by atoms with Crippen LogP contribution in [0.5, 0.6) is 0 Å². The zero-order valence-electron chi connectivity index (χ0n) is 11.3. The number of hydrogen-bond acceptors (Lipinski definition) is 5. The molecule has 6 nitrogen and oxygen atoms in total. The third-order valence-corrected chi connectivity index (χ3v) is 5.49. The Bertz CT molecular complexity index is 590. The average Bonchev–Trinajstić information content (AvgIpc) is 3.01. The van der Waals surface area contributed by atoms with Gasteiger partial charge in [0.2, 0.25) is 10.0 Å². The molecule has 0 bridgehead atoms. The van der Waals surface area contributed by atoms with E-state index in [1.165, 1.54) is 6.07 Å². The number of sulfonamides is 1. The first-order chi connectivity index (χ1) is 9.51. The van der Waals surface area contributed by atoms with Gasteiger partial charge in [0.1, 0.15) is 23.0 Å². The molecule has 0 aromatic carbocycles. The number of nitrogens with one attached hydrogen (secondary N) is 1. The lowest BCUT2D eigenvalue weighted by Crippen LogP contribution is -2.41. The lowest BCUT2D eigenvalue weighted by molar-refractivity contribution is 0.0848. The SMILES string of the molecule is Cc1oc(CO)cc1S(=O)(=O)NC1CCOC1C1CC1. The Morgan fingerprint density at radius 2 is 2.15 bits per heavy atom. The molecule has 2 fully saturated rings. The van der Waals surface area contributed by atoms with Gasteiger partial charge in [-0.2, -0.15) is 0 Å². The highest BCUT2D eigenvalue weighted by Crippen LogP contribution is 2.39. The maximum absolute atomic E-state index is 12.4. The number of aliphatic hydroxyl groups is 1. The summed E-state index contributed by atoms with van der Waals surface area (Å²) in [5.74, 6) is 1.04. The first-order valence-corrected chi connectivity index (χ1v) is 8.33. The van der Waals surface area contributed by atoms with Gasteiger partial charge in [-0.15, -0.1) is 0 Å².